The Morgan fingerprint density at radius 2 is 0.599 bits per heavy atom. The predicted molar refractivity (Wildman–Crippen MR) is 564 cm³/mol. The lowest BCUT2D eigenvalue weighted by Crippen LogP contribution is -2.31. The van der Waals surface area contributed by atoms with Crippen LogP contribution in [0, 0.1) is 0 Å². The van der Waals surface area contributed by atoms with E-state index in [1.165, 1.54) is 58.4 Å². The van der Waals surface area contributed by atoms with E-state index < -0.39 is 6.10 Å². The number of hydrogen-bond acceptors (Lipinski definition) is 34. The summed E-state index contributed by atoms with van der Waals surface area (Å²) in [6, 6.07) is 64.7. The molecule has 0 aliphatic rings. The van der Waals surface area contributed by atoms with E-state index in [4.69, 9.17) is 66.3 Å². The number of hydrogen-bond donors (Lipinski definition) is 8. The number of aliphatic hydroxyl groups is 2. The van der Waals surface area contributed by atoms with E-state index in [1.54, 1.807) is 100 Å². The monoisotopic (exact) mass is 2030 g/mol. The maximum atomic E-state index is 12.5. The van der Waals surface area contributed by atoms with E-state index in [0.717, 1.165) is 117 Å². The molecule has 2 unspecified atom stereocenters. The Kier molecular flexibility index (Phi) is 64.8. The quantitative estimate of drug-likeness (QED) is 0.00577. The van der Waals surface area contributed by atoms with E-state index >= 15 is 0 Å². The normalized spacial score (nSPS) is 11.3. The second-order valence-corrected chi connectivity index (χ2v) is 41.0. The molecule has 0 bridgehead atoms. The number of nitrogens with two attached hydrogens (primary N) is 4. The van der Waals surface area contributed by atoms with Gasteiger partial charge in [0, 0.05) is 152 Å². The lowest BCUT2D eigenvalue weighted by molar-refractivity contribution is -0.151. The number of carbonyl (C=O) groups excluding carboxylic acids is 8. The summed E-state index contributed by atoms with van der Waals surface area (Å²) in [6.07, 6.45) is 15.0. The molecular formula is C103H142N8O18S8. The number of carbonyl (C=O) groups is 8. The van der Waals surface area contributed by atoms with Crippen LogP contribution in [-0.4, -0.2) is 186 Å². The van der Waals surface area contributed by atoms with Crippen LogP contribution in [0.15, 0.2) is 233 Å². The lowest BCUT2D eigenvalue weighted by Gasteiger charge is -2.22. The molecule has 2 atom stereocenters. The molecule has 12 N–H and O–H groups in total. The van der Waals surface area contributed by atoms with Crippen molar-refractivity contribution in [2.24, 2.45) is 0 Å². The fourth-order valence-corrected chi connectivity index (χ4v) is 20.0. The summed E-state index contributed by atoms with van der Waals surface area (Å²) in [5.41, 5.74) is 30.4. The summed E-state index contributed by atoms with van der Waals surface area (Å²) in [4.78, 5) is 109. The summed E-state index contributed by atoms with van der Waals surface area (Å²) < 4.78 is 41.7. The molecule has 8 rings (SSSR count). The number of benzene rings is 8. The van der Waals surface area contributed by atoms with Crippen molar-refractivity contribution in [3.05, 3.63) is 205 Å². The standard InChI is InChI=1S/C36H52N2O9S2.C35H53N3O7S2.C16H18N2O2S2.C16H19NS2/c1-27(46-29(3)40)19-25-45-35(42)17-22-38(21-4-5-24-39)23-18-36(43)47-28(2)20-26-44-34(41)8-6-7-30-9-13-32(14-10-30)48-49-33-15-11-31(37)12-16-33;1-2-3-7-26-44-34(41)19-23-38(22-5-4-6-25-39)24-20-35(42)45-28-9-8-27-43-33(40)18-21-37-30-12-16-32(17-13-30)47-46-31-14-10-29(36)11-15-31;1-20-16(19)10-11-18-13-4-8-15(9-5-13)22-21-14-6-2-12(17)3-7-14;1-2-3-4-13-5-9-15(10-6-13)18-19-16-11-7-14(17)8-12-16/h9-16,27-28,39H,4-8,17-26,37H2,1-3H3;10-17,37,39H,2-9,18-28,36H2,1H3;2-9,18H,10-11,17H2,1H3;5-12H,2-4,17H2,1H3. The van der Waals surface area contributed by atoms with Gasteiger partial charge in [-0.1, -0.05) is 144 Å². The Morgan fingerprint density at radius 1 is 0.314 bits per heavy atom. The zero-order valence-corrected chi connectivity index (χ0v) is 86.6. The largest absolute Gasteiger partial charge is 0.469 e. The van der Waals surface area contributed by atoms with E-state index in [0.29, 0.717) is 104 Å². The van der Waals surface area contributed by atoms with Crippen molar-refractivity contribution in [3.8, 4) is 0 Å². The lowest BCUT2D eigenvalue weighted by atomic mass is 10.1. The van der Waals surface area contributed by atoms with Crippen LogP contribution in [0.4, 0.5) is 34.1 Å². The van der Waals surface area contributed by atoms with Gasteiger partial charge in [0.05, 0.1) is 78.7 Å². The highest BCUT2D eigenvalue weighted by Crippen LogP contribution is 2.41. The fourth-order valence-electron chi connectivity index (χ4n) is 12.3. The maximum absolute atomic E-state index is 12.5. The number of esters is 8. The maximum Gasteiger partial charge on any atom is 0.307 e. The molecule has 0 saturated carbocycles. The van der Waals surface area contributed by atoms with Crippen molar-refractivity contribution in [1.29, 1.82) is 0 Å². The number of methoxy groups -OCH3 is 1. The molecular weight excluding hydrogens is 1890 g/mol. The minimum Gasteiger partial charge on any atom is -0.469 e. The van der Waals surface area contributed by atoms with Crippen LogP contribution in [0.25, 0.3) is 0 Å². The second-order valence-electron chi connectivity index (χ2n) is 31.9. The van der Waals surface area contributed by atoms with Gasteiger partial charge in [0.15, 0.2) is 0 Å². The molecule has 8 aromatic carbocycles. The van der Waals surface area contributed by atoms with Gasteiger partial charge in [0.1, 0.15) is 12.2 Å². The smallest absolute Gasteiger partial charge is 0.307 e. The number of nitrogens with one attached hydrogen (secondary N) is 2. The first-order valence-electron chi connectivity index (χ1n) is 46.9. The molecule has 137 heavy (non-hydrogen) atoms. The highest BCUT2D eigenvalue weighted by molar-refractivity contribution is 8.77. The minimum atomic E-state index is -0.415. The highest BCUT2D eigenvalue weighted by Gasteiger charge is 2.19. The van der Waals surface area contributed by atoms with Gasteiger partial charge in [-0.05, 0) is 285 Å². The van der Waals surface area contributed by atoms with Crippen LogP contribution in [0.2, 0.25) is 0 Å². The molecule has 0 saturated heterocycles. The molecule has 0 radical (unpaired) electrons. The Bertz CT molecular complexity index is 4630. The van der Waals surface area contributed by atoms with Gasteiger partial charge in [0.25, 0.3) is 0 Å². The van der Waals surface area contributed by atoms with Gasteiger partial charge in [0.2, 0.25) is 0 Å². The van der Waals surface area contributed by atoms with E-state index in [1.807, 2.05) is 126 Å². The summed E-state index contributed by atoms with van der Waals surface area (Å²) in [5.74, 6) is -2.39. The van der Waals surface area contributed by atoms with Crippen LogP contribution < -0.4 is 33.6 Å². The van der Waals surface area contributed by atoms with Gasteiger partial charge >= 0.3 is 47.8 Å². The molecule has 0 spiro atoms. The average Bonchev–Trinajstić information content (AvgIpc) is 0.892. The third kappa shape index (κ3) is 60.5. The molecule has 0 amide bonds. The Hall–Kier alpha value is -9.04. The predicted octanol–water partition coefficient (Wildman–Crippen LogP) is 22.2. The van der Waals surface area contributed by atoms with Crippen LogP contribution >= 0.6 is 86.4 Å². The third-order valence-electron chi connectivity index (χ3n) is 20.1. The van der Waals surface area contributed by atoms with Crippen molar-refractivity contribution < 1.29 is 86.5 Å². The summed E-state index contributed by atoms with van der Waals surface area (Å²) in [5, 5.41) is 24.6. The van der Waals surface area contributed by atoms with Crippen LogP contribution in [-0.2, 0) is 89.1 Å². The number of aliphatic hydroxyl groups excluding tert-OH is 2. The van der Waals surface area contributed by atoms with E-state index in [2.05, 4.69) is 107 Å². The van der Waals surface area contributed by atoms with Crippen LogP contribution in [0.5, 0.6) is 0 Å². The first-order valence-corrected chi connectivity index (χ1v) is 55.5. The van der Waals surface area contributed by atoms with Crippen molar-refractivity contribution in [3.63, 3.8) is 0 Å². The van der Waals surface area contributed by atoms with Crippen molar-refractivity contribution in [2.45, 2.75) is 240 Å². The van der Waals surface area contributed by atoms with E-state index in [-0.39, 0.29) is 126 Å². The Balaban J connectivity index is 0.000000346. The van der Waals surface area contributed by atoms with Crippen LogP contribution in [0.1, 0.15) is 187 Å². The molecule has 0 heterocycles. The van der Waals surface area contributed by atoms with Gasteiger partial charge < -0.3 is 91.5 Å². The first kappa shape index (κ1) is 118. The number of nitrogen functional groups attached to an aromatic ring is 4. The van der Waals surface area contributed by atoms with Gasteiger partial charge in [-0.25, -0.2) is 0 Å². The zero-order valence-electron chi connectivity index (χ0n) is 80.1. The average molecular weight is 2040 g/mol. The first-order chi connectivity index (χ1) is 66.4. The molecule has 0 aliphatic carbocycles. The highest BCUT2D eigenvalue weighted by atomic mass is 33.1. The number of anilines is 6. The number of nitrogens with zero attached hydrogens (tertiary/aromatic N) is 2. The summed E-state index contributed by atoms with van der Waals surface area (Å²) in [7, 11) is 15.0. The molecule has 750 valence electrons. The number of unbranched alkanes of at least 4 members (excludes halogenated alkanes) is 7. The number of rotatable bonds is 65. The number of ether oxygens (including phenoxy) is 8. The fraction of sp³-hybridized carbons (Fsp3) is 0.456. The zero-order chi connectivity index (χ0) is 99.1. The molecule has 26 nitrogen and oxygen atoms in total. The topological polar surface area (TPSA) is 385 Å². The van der Waals surface area contributed by atoms with Crippen molar-refractivity contribution >= 4 is 168 Å². The Morgan fingerprint density at radius 3 is 0.942 bits per heavy atom. The summed E-state index contributed by atoms with van der Waals surface area (Å²) in [6.45, 7) is 14.9. The van der Waals surface area contributed by atoms with Gasteiger partial charge in [-0.15, -0.1) is 0 Å². The minimum absolute atomic E-state index is 0.0696. The van der Waals surface area contributed by atoms with Crippen molar-refractivity contribution in [1.82, 2.24) is 9.80 Å². The third-order valence-corrected chi connectivity index (χ3v) is 29.8. The van der Waals surface area contributed by atoms with Gasteiger partial charge in [-0.3, -0.25) is 38.4 Å². The van der Waals surface area contributed by atoms with Crippen LogP contribution in [0.3, 0.4) is 0 Å². The SMILES string of the molecule is CC(=O)OC(C)CCOC(=O)CCN(CCCCO)CCC(=O)OC(C)CCOC(=O)CCCc1ccc(SSc2ccc(N)cc2)cc1.CCCCCOC(=O)CCN(CCCCCO)CCC(=O)OCCCCOC(=O)CCNc1ccc(SSc2ccc(N)cc2)cc1.CCCCc1ccc(SSc2ccc(N)cc2)cc1.COC(=O)CCNc1ccc(SSc2ccc(N)cc2)cc1. The molecule has 0 aliphatic heterocycles. The molecule has 34 heteroatoms. The Labute approximate surface area is 842 Å². The van der Waals surface area contributed by atoms with Gasteiger partial charge in [-0.2, -0.15) is 0 Å². The molecule has 0 aromatic heterocycles. The van der Waals surface area contributed by atoms with Crippen molar-refractivity contribution in [2.75, 3.05) is 139 Å². The molecule has 0 fully saturated rings. The number of aryl methyl sites for hydroxylation is 2. The second kappa shape index (κ2) is 74.9. The summed E-state index contributed by atoms with van der Waals surface area (Å²) >= 11 is 0. The molecule has 8 aromatic rings. The van der Waals surface area contributed by atoms with E-state index in [9.17, 15) is 38.4 Å².